The van der Waals surface area contributed by atoms with Crippen LogP contribution in [0.4, 0.5) is 19.0 Å². The van der Waals surface area contributed by atoms with Crippen LogP contribution in [0.15, 0.2) is 53.6 Å². The summed E-state index contributed by atoms with van der Waals surface area (Å²) in [5.41, 5.74) is -0.732. The maximum absolute atomic E-state index is 12.6. The number of hydrogen-bond acceptors (Lipinski definition) is 5. The van der Waals surface area contributed by atoms with E-state index in [1.165, 1.54) is 6.07 Å². The molecule has 8 heteroatoms. The summed E-state index contributed by atoms with van der Waals surface area (Å²) in [6, 6.07) is 12.4. The lowest BCUT2D eigenvalue weighted by atomic mass is 10.2. The van der Waals surface area contributed by atoms with E-state index < -0.39 is 17.8 Å². The fourth-order valence-corrected chi connectivity index (χ4v) is 3.80. The van der Waals surface area contributed by atoms with Crippen LogP contribution >= 0.6 is 11.8 Å². The minimum Gasteiger partial charge on any atom is -0.391 e. The molecule has 2 heterocycles. The first-order valence-electron chi connectivity index (χ1n) is 8.78. The second-order valence-corrected chi connectivity index (χ2v) is 7.56. The van der Waals surface area contributed by atoms with Crippen molar-refractivity contribution in [1.29, 1.82) is 0 Å². The highest BCUT2D eigenvalue weighted by Gasteiger charge is 2.31. The Morgan fingerprint density at radius 1 is 1.04 bits per heavy atom. The van der Waals surface area contributed by atoms with Crippen LogP contribution in [0.2, 0.25) is 0 Å². The molecule has 1 aromatic heterocycles. The molecule has 0 radical (unpaired) electrons. The highest BCUT2D eigenvalue weighted by Crippen LogP contribution is 2.29. The molecule has 1 atom stereocenters. The third kappa shape index (κ3) is 5.85. The van der Waals surface area contributed by atoms with Crippen molar-refractivity contribution in [2.24, 2.45) is 0 Å². The molecule has 1 saturated heterocycles. The number of rotatable bonds is 6. The van der Waals surface area contributed by atoms with Gasteiger partial charge in [-0.25, -0.2) is 4.98 Å². The van der Waals surface area contributed by atoms with Crippen molar-refractivity contribution in [1.82, 2.24) is 9.88 Å². The van der Waals surface area contributed by atoms with Gasteiger partial charge in [-0.3, -0.25) is 4.90 Å². The van der Waals surface area contributed by atoms with Gasteiger partial charge in [-0.2, -0.15) is 13.2 Å². The number of nitrogens with zero attached hydrogens (tertiary/aromatic N) is 3. The molecule has 0 spiro atoms. The summed E-state index contributed by atoms with van der Waals surface area (Å²) in [5.74, 6) is 1.19. The SMILES string of the molecule is O[C@@H](CSc1ccccc1)CN1CCN(c2ccc(C(F)(F)F)cn2)CC1. The molecular formula is C19H22F3N3OS. The number of benzene rings is 1. The van der Waals surface area contributed by atoms with Gasteiger partial charge in [0.2, 0.25) is 0 Å². The average molecular weight is 397 g/mol. The van der Waals surface area contributed by atoms with E-state index in [1.807, 2.05) is 35.2 Å². The molecule has 0 saturated carbocycles. The highest BCUT2D eigenvalue weighted by atomic mass is 32.2. The summed E-state index contributed by atoms with van der Waals surface area (Å²) in [4.78, 5) is 9.24. The maximum atomic E-state index is 12.6. The number of aromatic nitrogens is 1. The lowest BCUT2D eigenvalue weighted by Crippen LogP contribution is -2.49. The Hall–Kier alpha value is -1.77. The second kappa shape index (κ2) is 8.95. The number of hydrogen-bond donors (Lipinski definition) is 1. The highest BCUT2D eigenvalue weighted by molar-refractivity contribution is 7.99. The first-order valence-corrected chi connectivity index (χ1v) is 9.77. The molecule has 1 aliphatic rings. The summed E-state index contributed by atoms with van der Waals surface area (Å²) in [7, 11) is 0. The van der Waals surface area contributed by atoms with Crippen molar-refractivity contribution in [2.75, 3.05) is 43.4 Å². The zero-order valence-electron chi connectivity index (χ0n) is 14.8. The van der Waals surface area contributed by atoms with Gasteiger partial charge in [-0.15, -0.1) is 11.8 Å². The number of β-amino-alcohol motifs (C(OH)–C–C–N with tert-alkyl or cyclic N) is 1. The van der Waals surface area contributed by atoms with E-state index in [0.717, 1.165) is 30.2 Å². The lowest BCUT2D eigenvalue weighted by molar-refractivity contribution is -0.137. The van der Waals surface area contributed by atoms with Gasteiger partial charge in [-0.1, -0.05) is 18.2 Å². The van der Waals surface area contributed by atoms with Crippen LogP contribution in [0.5, 0.6) is 0 Å². The van der Waals surface area contributed by atoms with Crippen molar-refractivity contribution < 1.29 is 18.3 Å². The van der Waals surface area contributed by atoms with Crippen LogP contribution in [-0.2, 0) is 6.18 Å². The fourth-order valence-electron chi connectivity index (χ4n) is 2.96. The van der Waals surface area contributed by atoms with Crippen LogP contribution in [0.1, 0.15) is 5.56 Å². The molecule has 0 amide bonds. The Bertz CT molecular complexity index is 704. The molecule has 0 unspecified atom stereocenters. The summed E-state index contributed by atoms with van der Waals surface area (Å²) in [5, 5.41) is 10.3. The third-order valence-electron chi connectivity index (χ3n) is 4.43. The number of aliphatic hydroxyl groups is 1. The van der Waals surface area contributed by atoms with Crippen molar-refractivity contribution in [3.05, 3.63) is 54.2 Å². The van der Waals surface area contributed by atoms with E-state index in [0.29, 0.717) is 31.2 Å². The standard InChI is InChI=1S/C19H22F3N3OS/c20-19(21,22)15-6-7-18(23-12-15)25-10-8-24(9-11-25)13-16(26)14-27-17-4-2-1-3-5-17/h1-7,12,16,26H,8-11,13-14H2/t16-/m1/s1. The Kier molecular flexibility index (Phi) is 6.62. The molecule has 2 aromatic rings. The number of pyridine rings is 1. The summed E-state index contributed by atoms with van der Waals surface area (Å²) in [6.45, 7) is 3.44. The van der Waals surface area contributed by atoms with Crippen LogP contribution in [-0.4, -0.2) is 59.6 Å². The summed E-state index contributed by atoms with van der Waals surface area (Å²) < 4.78 is 37.9. The largest absolute Gasteiger partial charge is 0.417 e. The minimum atomic E-state index is -4.36. The molecular weight excluding hydrogens is 375 g/mol. The number of piperazine rings is 1. The van der Waals surface area contributed by atoms with E-state index >= 15 is 0 Å². The van der Waals surface area contributed by atoms with Crippen molar-refractivity contribution >= 4 is 17.6 Å². The molecule has 0 bridgehead atoms. The fraction of sp³-hybridized carbons (Fsp3) is 0.421. The van der Waals surface area contributed by atoms with Crippen LogP contribution in [0, 0.1) is 0 Å². The summed E-state index contributed by atoms with van der Waals surface area (Å²) in [6.07, 6.45) is -3.91. The smallest absolute Gasteiger partial charge is 0.391 e. The monoisotopic (exact) mass is 397 g/mol. The molecule has 146 valence electrons. The molecule has 1 aromatic carbocycles. The van der Waals surface area contributed by atoms with Crippen LogP contribution in [0.3, 0.4) is 0 Å². The van der Waals surface area contributed by atoms with Gasteiger partial charge < -0.3 is 10.0 Å². The number of alkyl halides is 3. The van der Waals surface area contributed by atoms with E-state index in [2.05, 4.69) is 9.88 Å². The number of aliphatic hydroxyl groups excluding tert-OH is 1. The predicted octanol–water partition coefficient (Wildman–Crippen LogP) is 3.38. The Balaban J connectivity index is 1.43. The second-order valence-electron chi connectivity index (χ2n) is 6.47. The normalized spacial score (nSPS) is 17.1. The molecule has 27 heavy (non-hydrogen) atoms. The van der Waals surface area contributed by atoms with Gasteiger partial charge >= 0.3 is 6.18 Å². The Labute approximate surface area is 161 Å². The number of thioether (sulfide) groups is 1. The zero-order chi connectivity index (χ0) is 19.3. The van der Waals surface area contributed by atoms with E-state index in [-0.39, 0.29) is 0 Å². The molecule has 4 nitrogen and oxygen atoms in total. The molecule has 3 rings (SSSR count). The van der Waals surface area contributed by atoms with Gasteiger partial charge in [0, 0.05) is 49.6 Å². The van der Waals surface area contributed by atoms with Gasteiger partial charge in [0.05, 0.1) is 11.7 Å². The third-order valence-corrected chi connectivity index (χ3v) is 5.58. The van der Waals surface area contributed by atoms with E-state index in [4.69, 9.17) is 0 Å². The van der Waals surface area contributed by atoms with Crippen molar-refractivity contribution in [2.45, 2.75) is 17.2 Å². The molecule has 1 fully saturated rings. The van der Waals surface area contributed by atoms with Gasteiger partial charge in [0.25, 0.3) is 0 Å². The molecule has 1 N–H and O–H groups in total. The average Bonchev–Trinajstić information content (AvgIpc) is 2.67. The summed E-state index contributed by atoms with van der Waals surface area (Å²) >= 11 is 1.63. The van der Waals surface area contributed by atoms with Crippen molar-refractivity contribution in [3.63, 3.8) is 0 Å². The van der Waals surface area contributed by atoms with Crippen molar-refractivity contribution in [3.8, 4) is 0 Å². The first-order chi connectivity index (χ1) is 12.9. The molecule has 0 aliphatic carbocycles. The zero-order valence-corrected chi connectivity index (χ0v) is 15.6. The Morgan fingerprint density at radius 3 is 2.33 bits per heavy atom. The topological polar surface area (TPSA) is 39.6 Å². The number of halogens is 3. The van der Waals surface area contributed by atoms with Crippen LogP contribution < -0.4 is 4.90 Å². The van der Waals surface area contributed by atoms with Gasteiger partial charge in [0.15, 0.2) is 0 Å². The van der Waals surface area contributed by atoms with Gasteiger partial charge in [0.1, 0.15) is 5.82 Å². The number of anilines is 1. The van der Waals surface area contributed by atoms with E-state index in [1.54, 1.807) is 11.8 Å². The first kappa shape index (κ1) is 20.0. The maximum Gasteiger partial charge on any atom is 0.417 e. The predicted molar refractivity (Wildman–Crippen MR) is 101 cm³/mol. The Morgan fingerprint density at radius 2 is 1.74 bits per heavy atom. The quantitative estimate of drug-likeness (QED) is 0.757. The minimum absolute atomic E-state index is 0.425. The van der Waals surface area contributed by atoms with Gasteiger partial charge in [-0.05, 0) is 24.3 Å². The van der Waals surface area contributed by atoms with E-state index in [9.17, 15) is 18.3 Å². The van der Waals surface area contributed by atoms with Crippen LogP contribution in [0.25, 0.3) is 0 Å². The molecule has 1 aliphatic heterocycles. The lowest BCUT2D eigenvalue weighted by Gasteiger charge is -2.36.